The maximum atomic E-state index is 5.91. The normalized spacial score (nSPS) is 17.4. The van der Waals surface area contributed by atoms with Gasteiger partial charge in [0.15, 0.2) is 0 Å². The summed E-state index contributed by atoms with van der Waals surface area (Å²) < 4.78 is 5.28. The molecule has 0 bridgehead atoms. The van der Waals surface area contributed by atoms with Gasteiger partial charge in [-0.05, 0) is 45.0 Å². The van der Waals surface area contributed by atoms with Gasteiger partial charge < -0.3 is 20.3 Å². The third-order valence-corrected chi connectivity index (χ3v) is 3.96. The molecular weight excluding hydrogens is 238 g/mol. The van der Waals surface area contributed by atoms with Crippen LogP contribution in [0, 0.1) is 5.92 Å². The van der Waals surface area contributed by atoms with E-state index in [1.165, 1.54) is 25.9 Å². The van der Waals surface area contributed by atoms with Gasteiger partial charge in [0.05, 0.1) is 7.11 Å². The number of nitrogens with two attached hydrogens (primary N) is 1. The highest BCUT2D eigenvalue weighted by atomic mass is 16.5. The summed E-state index contributed by atoms with van der Waals surface area (Å²) in [5, 5.41) is 0. The molecule has 1 heterocycles. The van der Waals surface area contributed by atoms with Crippen molar-refractivity contribution >= 4 is 11.4 Å². The molecule has 1 aliphatic heterocycles. The first-order valence-electron chi connectivity index (χ1n) is 6.92. The van der Waals surface area contributed by atoms with Gasteiger partial charge in [0.2, 0.25) is 0 Å². The van der Waals surface area contributed by atoms with Crippen molar-refractivity contribution in [2.24, 2.45) is 5.92 Å². The molecule has 0 amide bonds. The second kappa shape index (κ2) is 6.15. The van der Waals surface area contributed by atoms with Gasteiger partial charge in [0.25, 0.3) is 0 Å². The largest absolute Gasteiger partial charge is 0.497 e. The molecule has 1 aliphatic rings. The first kappa shape index (κ1) is 14.0. The quantitative estimate of drug-likeness (QED) is 0.844. The Morgan fingerprint density at radius 3 is 2.63 bits per heavy atom. The number of likely N-dealkylation sites (tertiary alicyclic amines) is 1. The molecular formula is C15H25N3O. The second-order valence-electron chi connectivity index (χ2n) is 5.59. The summed E-state index contributed by atoms with van der Waals surface area (Å²) in [5.41, 5.74) is 7.80. The molecule has 19 heavy (non-hydrogen) atoms. The molecule has 0 unspecified atom stereocenters. The molecule has 4 heteroatoms. The Kier molecular flexibility index (Phi) is 4.53. The lowest BCUT2D eigenvalue weighted by Crippen LogP contribution is -2.35. The lowest BCUT2D eigenvalue weighted by molar-refractivity contribution is 0.222. The van der Waals surface area contributed by atoms with Crippen LogP contribution in [0.3, 0.4) is 0 Å². The molecule has 0 radical (unpaired) electrons. The number of hydrogen-bond donors (Lipinski definition) is 1. The maximum absolute atomic E-state index is 5.91. The van der Waals surface area contributed by atoms with E-state index in [-0.39, 0.29) is 0 Å². The minimum Gasteiger partial charge on any atom is -0.497 e. The molecule has 1 aromatic carbocycles. The number of rotatable bonds is 4. The van der Waals surface area contributed by atoms with Crippen LogP contribution in [-0.4, -0.2) is 45.7 Å². The highest BCUT2D eigenvalue weighted by molar-refractivity contribution is 5.60. The van der Waals surface area contributed by atoms with E-state index in [4.69, 9.17) is 10.5 Å². The number of benzene rings is 1. The van der Waals surface area contributed by atoms with E-state index >= 15 is 0 Å². The van der Waals surface area contributed by atoms with Gasteiger partial charge in [-0.1, -0.05) is 0 Å². The number of nitrogen functional groups attached to an aromatic ring is 1. The van der Waals surface area contributed by atoms with E-state index in [1.54, 1.807) is 7.11 Å². The fourth-order valence-electron chi connectivity index (χ4n) is 2.68. The van der Waals surface area contributed by atoms with E-state index in [9.17, 15) is 0 Å². The van der Waals surface area contributed by atoms with Gasteiger partial charge in [-0.3, -0.25) is 0 Å². The first-order chi connectivity index (χ1) is 9.08. The second-order valence-corrected chi connectivity index (χ2v) is 5.59. The molecule has 1 fully saturated rings. The Labute approximate surface area is 116 Å². The molecule has 0 spiro atoms. The summed E-state index contributed by atoms with van der Waals surface area (Å²) in [6.45, 7) is 3.50. The molecule has 4 nitrogen and oxygen atoms in total. The van der Waals surface area contributed by atoms with Crippen LogP contribution in [0.4, 0.5) is 11.4 Å². The van der Waals surface area contributed by atoms with Crippen molar-refractivity contribution in [1.82, 2.24) is 4.90 Å². The van der Waals surface area contributed by atoms with Gasteiger partial charge in [-0.25, -0.2) is 0 Å². The fourth-order valence-corrected chi connectivity index (χ4v) is 2.68. The SMILES string of the molecule is COc1cc(N)cc(N(C)CC2CCN(C)CC2)c1. The summed E-state index contributed by atoms with van der Waals surface area (Å²) in [6, 6.07) is 5.91. The summed E-state index contributed by atoms with van der Waals surface area (Å²) in [6.07, 6.45) is 2.56. The monoisotopic (exact) mass is 263 g/mol. The zero-order chi connectivity index (χ0) is 13.8. The van der Waals surface area contributed by atoms with Crippen molar-refractivity contribution in [3.8, 4) is 5.75 Å². The Hall–Kier alpha value is -1.42. The van der Waals surface area contributed by atoms with Crippen LogP contribution < -0.4 is 15.4 Å². The van der Waals surface area contributed by atoms with Crippen molar-refractivity contribution in [1.29, 1.82) is 0 Å². The minimum absolute atomic E-state index is 0.754. The van der Waals surface area contributed by atoms with Crippen molar-refractivity contribution in [2.45, 2.75) is 12.8 Å². The average molecular weight is 263 g/mol. The fraction of sp³-hybridized carbons (Fsp3) is 0.600. The number of hydrogen-bond acceptors (Lipinski definition) is 4. The average Bonchev–Trinajstić information content (AvgIpc) is 2.40. The molecule has 2 N–H and O–H groups in total. The number of piperidine rings is 1. The Balaban J connectivity index is 1.99. The Bertz CT molecular complexity index is 414. The highest BCUT2D eigenvalue weighted by Gasteiger charge is 2.18. The van der Waals surface area contributed by atoms with E-state index < -0.39 is 0 Å². The predicted molar refractivity (Wildman–Crippen MR) is 80.9 cm³/mol. The van der Waals surface area contributed by atoms with Gasteiger partial charge in [0, 0.05) is 37.1 Å². The topological polar surface area (TPSA) is 41.7 Å². The molecule has 2 rings (SSSR count). The minimum atomic E-state index is 0.754. The van der Waals surface area contributed by atoms with Crippen molar-refractivity contribution < 1.29 is 4.74 Å². The molecule has 0 atom stereocenters. The van der Waals surface area contributed by atoms with Gasteiger partial charge in [0.1, 0.15) is 5.75 Å². The van der Waals surface area contributed by atoms with Crippen LogP contribution >= 0.6 is 0 Å². The van der Waals surface area contributed by atoms with Crippen LogP contribution in [0.2, 0.25) is 0 Å². The lowest BCUT2D eigenvalue weighted by Gasteiger charge is -2.32. The van der Waals surface area contributed by atoms with E-state index in [2.05, 4.69) is 23.9 Å². The maximum Gasteiger partial charge on any atom is 0.122 e. The van der Waals surface area contributed by atoms with Crippen LogP contribution in [0.5, 0.6) is 5.75 Å². The van der Waals surface area contributed by atoms with Crippen LogP contribution in [0.15, 0.2) is 18.2 Å². The third-order valence-electron chi connectivity index (χ3n) is 3.96. The number of ether oxygens (including phenoxy) is 1. The molecule has 106 valence electrons. The summed E-state index contributed by atoms with van der Waals surface area (Å²) in [4.78, 5) is 4.69. The Morgan fingerprint density at radius 2 is 2.00 bits per heavy atom. The van der Waals surface area contributed by atoms with Gasteiger partial charge in [-0.15, -0.1) is 0 Å². The zero-order valence-electron chi connectivity index (χ0n) is 12.2. The number of methoxy groups -OCH3 is 1. The van der Waals surface area contributed by atoms with Crippen LogP contribution in [-0.2, 0) is 0 Å². The standard InChI is InChI=1S/C15H25N3O/c1-17-6-4-12(5-7-17)11-18(2)14-8-13(16)9-15(10-14)19-3/h8-10,12H,4-7,11,16H2,1-3H3. The van der Waals surface area contributed by atoms with Gasteiger partial charge in [-0.2, -0.15) is 0 Å². The van der Waals surface area contributed by atoms with Crippen molar-refractivity contribution in [2.75, 3.05) is 51.5 Å². The van der Waals surface area contributed by atoms with Gasteiger partial charge >= 0.3 is 0 Å². The van der Waals surface area contributed by atoms with Crippen LogP contribution in [0.1, 0.15) is 12.8 Å². The molecule has 1 aromatic rings. The Morgan fingerprint density at radius 1 is 1.32 bits per heavy atom. The molecule has 0 aliphatic carbocycles. The van der Waals surface area contributed by atoms with Crippen molar-refractivity contribution in [3.63, 3.8) is 0 Å². The van der Waals surface area contributed by atoms with E-state index in [0.29, 0.717) is 0 Å². The first-order valence-corrected chi connectivity index (χ1v) is 6.92. The van der Waals surface area contributed by atoms with Crippen LogP contribution in [0.25, 0.3) is 0 Å². The molecule has 0 aromatic heterocycles. The molecule has 0 saturated carbocycles. The smallest absolute Gasteiger partial charge is 0.122 e. The number of anilines is 2. The summed E-state index contributed by atoms with van der Waals surface area (Å²) in [7, 11) is 6.00. The van der Waals surface area contributed by atoms with E-state index in [1.807, 2.05) is 18.2 Å². The number of nitrogens with zero attached hydrogens (tertiary/aromatic N) is 2. The predicted octanol–water partition coefficient (Wildman–Crippen LogP) is 2.06. The lowest BCUT2D eigenvalue weighted by atomic mass is 9.96. The third kappa shape index (κ3) is 3.77. The van der Waals surface area contributed by atoms with E-state index in [0.717, 1.165) is 29.6 Å². The summed E-state index contributed by atoms with van der Waals surface area (Å²) in [5.74, 6) is 1.60. The summed E-state index contributed by atoms with van der Waals surface area (Å²) >= 11 is 0. The highest BCUT2D eigenvalue weighted by Crippen LogP contribution is 2.26. The zero-order valence-corrected chi connectivity index (χ0v) is 12.2. The van der Waals surface area contributed by atoms with Crippen molar-refractivity contribution in [3.05, 3.63) is 18.2 Å². The molecule has 1 saturated heterocycles.